The molecule has 0 aliphatic carbocycles. The number of sulfonamides is 1. The van der Waals surface area contributed by atoms with Gasteiger partial charge in [-0.2, -0.15) is 4.31 Å². The predicted molar refractivity (Wildman–Crippen MR) is 114 cm³/mol. The zero-order valence-corrected chi connectivity index (χ0v) is 18.4. The Balaban J connectivity index is 1.53. The number of quaternary nitrogens is 1. The summed E-state index contributed by atoms with van der Waals surface area (Å²) in [7, 11) is -0.504. The van der Waals surface area contributed by atoms with Crippen LogP contribution < -0.4 is 19.7 Å². The number of hydrogen-bond acceptors (Lipinski definition) is 5. The normalized spacial score (nSPS) is 15.6. The summed E-state index contributed by atoms with van der Waals surface area (Å²) in [6.45, 7) is 2.05. The Labute approximate surface area is 181 Å². The molecule has 1 aliphatic heterocycles. The number of carbonyl (C=O) groups excluding carboxylic acids is 1. The number of benzene rings is 2. The van der Waals surface area contributed by atoms with E-state index in [9.17, 15) is 13.2 Å². The van der Waals surface area contributed by atoms with Gasteiger partial charge < -0.3 is 19.7 Å². The molecule has 0 bridgehead atoms. The number of nitrogens with one attached hydrogen (secondary N) is 2. The minimum Gasteiger partial charge on any atom is -0.497 e. The van der Waals surface area contributed by atoms with Crippen molar-refractivity contribution in [2.45, 2.75) is 4.90 Å². The van der Waals surface area contributed by atoms with Gasteiger partial charge in [-0.3, -0.25) is 4.79 Å². The molecule has 1 heterocycles. The molecule has 0 aromatic heterocycles. The summed E-state index contributed by atoms with van der Waals surface area (Å²) in [6.07, 6.45) is 0. The minimum absolute atomic E-state index is 0.155. The van der Waals surface area contributed by atoms with Crippen molar-refractivity contribution in [2.75, 3.05) is 52.3 Å². The summed E-state index contributed by atoms with van der Waals surface area (Å²) >= 11 is 6.08. The van der Waals surface area contributed by atoms with E-state index in [4.69, 9.17) is 21.1 Å². The molecule has 8 nitrogen and oxygen atoms in total. The predicted octanol–water partition coefficient (Wildman–Crippen LogP) is 0.885. The average Bonchev–Trinajstić information content (AvgIpc) is 2.74. The number of piperazine rings is 1. The fourth-order valence-electron chi connectivity index (χ4n) is 3.29. The van der Waals surface area contributed by atoms with Gasteiger partial charge in [-0.15, -0.1) is 0 Å². The lowest BCUT2D eigenvalue weighted by Crippen LogP contribution is -3.15. The molecule has 0 atom stereocenters. The minimum atomic E-state index is -3.56. The van der Waals surface area contributed by atoms with Crippen LogP contribution in [0.25, 0.3) is 0 Å². The van der Waals surface area contributed by atoms with Crippen molar-refractivity contribution >= 4 is 33.2 Å². The van der Waals surface area contributed by atoms with Crippen molar-refractivity contribution in [3.05, 3.63) is 47.5 Å². The van der Waals surface area contributed by atoms with Gasteiger partial charge in [0, 0.05) is 5.69 Å². The smallest absolute Gasteiger partial charge is 0.279 e. The number of halogens is 1. The number of methoxy groups -OCH3 is 2. The van der Waals surface area contributed by atoms with E-state index >= 15 is 0 Å². The van der Waals surface area contributed by atoms with Gasteiger partial charge in [0.25, 0.3) is 5.91 Å². The number of nitrogens with zero attached hydrogens (tertiary/aromatic N) is 1. The molecule has 0 spiro atoms. The van der Waals surface area contributed by atoms with Crippen LogP contribution in [0.5, 0.6) is 11.5 Å². The van der Waals surface area contributed by atoms with Crippen molar-refractivity contribution in [3.8, 4) is 11.5 Å². The quantitative estimate of drug-likeness (QED) is 0.648. The fraction of sp³-hybridized carbons (Fsp3) is 0.350. The highest BCUT2D eigenvalue weighted by molar-refractivity contribution is 7.89. The van der Waals surface area contributed by atoms with E-state index in [0.29, 0.717) is 48.4 Å². The van der Waals surface area contributed by atoms with Crippen molar-refractivity contribution < 1.29 is 27.6 Å². The van der Waals surface area contributed by atoms with Crippen LogP contribution in [0.2, 0.25) is 5.02 Å². The van der Waals surface area contributed by atoms with E-state index in [1.165, 1.54) is 18.5 Å². The first kappa shape index (κ1) is 22.4. The van der Waals surface area contributed by atoms with Crippen molar-refractivity contribution in [1.82, 2.24) is 4.31 Å². The summed E-state index contributed by atoms with van der Waals surface area (Å²) in [5, 5.41) is 3.23. The standard InChI is InChI=1S/C20H24ClN3O5S/c1-28-16-4-6-17(7-5-16)30(26,27)24-11-9-23(10-12-24)14-20(25)22-15-3-8-19(29-2)18(21)13-15/h3-8,13H,9-12,14H2,1-2H3,(H,22,25)/p+1. The summed E-state index contributed by atoms with van der Waals surface area (Å²) in [5.41, 5.74) is 0.589. The van der Waals surface area contributed by atoms with Crippen LogP contribution in [0.4, 0.5) is 5.69 Å². The van der Waals surface area contributed by atoms with E-state index in [0.717, 1.165) is 4.90 Å². The number of rotatable bonds is 7. The summed E-state index contributed by atoms with van der Waals surface area (Å²) in [6, 6.07) is 11.4. The molecule has 10 heteroatoms. The fourth-order valence-corrected chi connectivity index (χ4v) is 4.99. The third-order valence-corrected chi connectivity index (χ3v) is 7.18. The van der Waals surface area contributed by atoms with Crippen LogP contribution in [0.15, 0.2) is 47.4 Å². The molecule has 3 rings (SSSR count). The highest BCUT2D eigenvalue weighted by atomic mass is 35.5. The summed E-state index contributed by atoms with van der Waals surface area (Å²) < 4.78 is 37.3. The molecule has 1 aliphatic rings. The topological polar surface area (TPSA) is 89.4 Å². The molecule has 0 unspecified atom stereocenters. The van der Waals surface area contributed by atoms with Gasteiger partial charge >= 0.3 is 0 Å². The zero-order valence-electron chi connectivity index (χ0n) is 16.9. The van der Waals surface area contributed by atoms with Gasteiger partial charge in [0.1, 0.15) is 11.5 Å². The second-order valence-electron chi connectivity index (χ2n) is 6.90. The lowest BCUT2D eigenvalue weighted by Gasteiger charge is -2.31. The average molecular weight is 455 g/mol. The van der Waals surface area contributed by atoms with Gasteiger partial charge in [-0.25, -0.2) is 8.42 Å². The highest BCUT2D eigenvalue weighted by Crippen LogP contribution is 2.27. The molecule has 2 N–H and O–H groups in total. The summed E-state index contributed by atoms with van der Waals surface area (Å²) in [4.78, 5) is 13.6. The molecule has 30 heavy (non-hydrogen) atoms. The lowest BCUT2D eigenvalue weighted by molar-refractivity contribution is -0.895. The molecular weight excluding hydrogens is 430 g/mol. The summed E-state index contributed by atoms with van der Waals surface area (Å²) in [5.74, 6) is 0.986. The van der Waals surface area contributed by atoms with Gasteiger partial charge in [0.15, 0.2) is 6.54 Å². The Bertz CT molecular complexity index is 990. The Kier molecular flexibility index (Phi) is 7.19. The molecular formula is C20H25ClN3O5S+. The van der Waals surface area contributed by atoms with Gasteiger partial charge in [-0.05, 0) is 42.5 Å². The third-order valence-electron chi connectivity index (χ3n) is 4.97. The maximum atomic E-state index is 12.8. The molecule has 162 valence electrons. The molecule has 2 aromatic carbocycles. The Hall–Kier alpha value is -2.33. The zero-order chi connectivity index (χ0) is 21.7. The maximum Gasteiger partial charge on any atom is 0.279 e. The molecule has 0 radical (unpaired) electrons. The van der Waals surface area contributed by atoms with Gasteiger partial charge in [0.05, 0.1) is 50.3 Å². The number of amides is 1. The second-order valence-corrected chi connectivity index (χ2v) is 9.25. The largest absolute Gasteiger partial charge is 0.497 e. The first-order valence-corrected chi connectivity index (χ1v) is 11.3. The monoisotopic (exact) mass is 454 g/mol. The number of carbonyl (C=O) groups is 1. The van der Waals surface area contributed by atoms with Crippen LogP contribution >= 0.6 is 11.6 Å². The van der Waals surface area contributed by atoms with Crippen LogP contribution in [0.1, 0.15) is 0 Å². The molecule has 1 amide bonds. The molecule has 1 fully saturated rings. The van der Waals surface area contributed by atoms with Crippen molar-refractivity contribution in [3.63, 3.8) is 0 Å². The van der Waals surface area contributed by atoms with Gasteiger partial charge in [-0.1, -0.05) is 11.6 Å². The van der Waals surface area contributed by atoms with Gasteiger partial charge in [0.2, 0.25) is 10.0 Å². The van der Waals surface area contributed by atoms with E-state index in [2.05, 4.69) is 5.32 Å². The number of ether oxygens (including phenoxy) is 2. The van der Waals surface area contributed by atoms with E-state index < -0.39 is 10.0 Å². The van der Waals surface area contributed by atoms with E-state index in [1.807, 2.05) is 0 Å². The first-order valence-electron chi connectivity index (χ1n) is 9.44. The third kappa shape index (κ3) is 5.23. The number of anilines is 1. The molecule has 2 aromatic rings. The van der Waals surface area contributed by atoms with Crippen LogP contribution in [-0.2, 0) is 14.8 Å². The van der Waals surface area contributed by atoms with Crippen molar-refractivity contribution in [2.24, 2.45) is 0 Å². The number of hydrogen-bond donors (Lipinski definition) is 2. The SMILES string of the molecule is COc1ccc(S(=O)(=O)N2CC[NH+](CC(=O)Nc3ccc(OC)c(Cl)c3)CC2)cc1. The Morgan fingerprint density at radius 1 is 1.10 bits per heavy atom. The maximum absolute atomic E-state index is 12.8. The second kappa shape index (κ2) is 9.65. The first-order chi connectivity index (χ1) is 14.3. The Morgan fingerprint density at radius 2 is 1.77 bits per heavy atom. The Morgan fingerprint density at radius 3 is 2.33 bits per heavy atom. The van der Waals surface area contributed by atoms with Crippen molar-refractivity contribution in [1.29, 1.82) is 0 Å². The lowest BCUT2D eigenvalue weighted by atomic mass is 10.3. The van der Waals surface area contributed by atoms with E-state index in [1.54, 1.807) is 42.5 Å². The van der Waals surface area contributed by atoms with Crippen LogP contribution in [0, 0.1) is 0 Å². The molecule has 0 saturated carbocycles. The van der Waals surface area contributed by atoms with Crippen LogP contribution in [0.3, 0.4) is 0 Å². The highest BCUT2D eigenvalue weighted by Gasteiger charge is 2.31. The van der Waals surface area contributed by atoms with Crippen LogP contribution in [-0.4, -0.2) is 65.6 Å². The van der Waals surface area contributed by atoms with E-state index in [-0.39, 0.29) is 17.3 Å². The molecule has 1 saturated heterocycles.